The summed E-state index contributed by atoms with van der Waals surface area (Å²) in [7, 11) is 0. The van der Waals surface area contributed by atoms with E-state index in [0.29, 0.717) is 22.6 Å². The molecule has 0 unspecified atom stereocenters. The van der Waals surface area contributed by atoms with E-state index in [-0.39, 0.29) is 5.75 Å². The van der Waals surface area contributed by atoms with Crippen LogP contribution in [0.2, 0.25) is 0 Å². The predicted octanol–water partition coefficient (Wildman–Crippen LogP) is 3.24. The van der Waals surface area contributed by atoms with E-state index in [4.69, 9.17) is 5.73 Å². The molecular formula is C17H13F3N4O2. The molecule has 0 spiro atoms. The number of hydrogen-bond acceptors (Lipinski definition) is 4. The van der Waals surface area contributed by atoms with Gasteiger partial charge in [0, 0.05) is 11.1 Å². The number of benzene rings is 2. The Labute approximate surface area is 146 Å². The number of carbonyl (C=O) groups excluding carboxylic acids is 1. The second-order valence-electron chi connectivity index (χ2n) is 5.45. The molecule has 3 aromatic rings. The largest absolute Gasteiger partial charge is 0.573 e. The number of alkyl halides is 3. The zero-order valence-corrected chi connectivity index (χ0v) is 13.5. The van der Waals surface area contributed by atoms with Gasteiger partial charge in [0.05, 0.1) is 5.69 Å². The van der Waals surface area contributed by atoms with Gasteiger partial charge in [-0.05, 0) is 48.9 Å². The van der Waals surface area contributed by atoms with Gasteiger partial charge in [0.25, 0.3) is 0 Å². The van der Waals surface area contributed by atoms with E-state index >= 15 is 0 Å². The van der Waals surface area contributed by atoms with Crippen molar-refractivity contribution in [2.75, 3.05) is 0 Å². The molecule has 2 aromatic carbocycles. The molecule has 6 nitrogen and oxygen atoms in total. The lowest BCUT2D eigenvalue weighted by Crippen LogP contribution is -2.17. The summed E-state index contributed by atoms with van der Waals surface area (Å²) in [6, 6.07) is 10.2. The van der Waals surface area contributed by atoms with Gasteiger partial charge in [-0.1, -0.05) is 6.07 Å². The number of hydrogen-bond donors (Lipinski definition) is 1. The van der Waals surface area contributed by atoms with Crippen molar-refractivity contribution in [1.29, 1.82) is 0 Å². The van der Waals surface area contributed by atoms with Crippen LogP contribution in [-0.4, -0.2) is 27.0 Å². The van der Waals surface area contributed by atoms with Crippen molar-refractivity contribution in [2.45, 2.75) is 13.3 Å². The summed E-state index contributed by atoms with van der Waals surface area (Å²) in [5.41, 5.74) is 7.63. The van der Waals surface area contributed by atoms with Crippen LogP contribution in [0.1, 0.15) is 15.9 Å². The number of carbonyl (C=O) groups is 1. The molecule has 0 aliphatic heterocycles. The Bertz CT molecular complexity index is 949. The number of ether oxygens (including phenoxy) is 1. The first-order valence-corrected chi connectivity index (χ1v) is 7.41. The van der Waals surface area contributed by atoms with E-state index in [1.54, 1.807) is 25.1 Å². The SMILES string of the molecule is Cc1cc(C(N)=O)ccc1-c1ncn(-c2ccc(OC(F)(F)F)cc2)n1. The standard InChI is InChI=1S/C17H13F3N4O2/c1-10-8-11(15(21)25)2-7-14(10)16-22-9-24(23-16)12-3-5-13(6-4-12)26-17(18,19)20/h2-9H,1H3,(H2,21,25). The Morgan fingerprint density at radius 1 is 1.15 bits per heavy atom. The summed E-state index contributed by atoms with van der Waals surface area (Å²) >= 11 is 0. The molecule has 0 atom stereocenters. The lowest BCUT2D eigenvalue weighted by atomic mass is 10.0. The third-order valence-corrected chi connectivity index (χ3v) is 3.58. The third kappa shape index (κ3) is 3.82. The van der Waals surface area contributed by atoms with Crippen molar-refractivity contribution >= 4 is 5.91 Å². The van der Waals surface area contributed by atoms with Crippen LogP contribution < -0.4 is 10.5 Å². The van der Waals surface area contributed by atoms with Crippen LogP contribution in [0, 0.1) is 6.92 Å². The molecule has 0 saturated heterocycles. The fourth-order valence-electron chi connectivity index (χ4n) is 2.38. The molecular weight excluding hydrogens is 349 g/mol. The number of primary amides is 1. The van der Waals surface area contributed by atoms with Crippen LogP contribution in [0.25, 0.3) is 17.1 Å². The zero-order valence-electron chi connectivity index (χ0n) is 13.5. The van der Waals surface area contributed by atoms with Crippen LogP contribution in [0.4, 0.5) is 13.2 Å². The quantitative estimate of drug-likeness (QED) is 0.772. The Morgan fingerprint density at radius 3 is 2.42 bits per heavy atom. The van der Waals surface area contributed by atoms with Crippen molar-refractivity contribution in [1.82, 2.24) is 14.8 Å². The first-order chi connectivity index (χ1) is 12.2. The number of halogens is 3. The fourth-order valence-corrected chi connectivity index (χ4v) is 2.38. The van der Waals surface area contributed by atoms with E-state index in [2.05, 4.69) is 14.8 Å². The third-order valence-electron chi connectivity index (χ3n) is 3.58. The molecule has 2 N–H and O–H groups in total. The van der Waals surface area contributed by atoms with Gasteiger partial charge in [-0.15, -0.1) is 18.3 Å². The van der Waals surface area contributed by atoms with Crippen LogP contribution >= 0.6 is 0 Å². The Kier molecular flexibility index (Phi) is 4.37. The van der Waals surface area contributed by atoms with E-state index < -0.39 is 12.3 Å². The molecule has 1 aromatic heterocycles. The van der Waals surface area contributed by atoms with Crippen LogP contribution in [-0.2, 0) is 0 Å². The number of amides is 1. The maximum absolute atomic E-state index is 12.2. The highest BCUT2D eigenvalue weighted by atomic mass is 19.4. The smallest absolute Gasteiger partial charge is 0.406 e. The van der Waals surface area contributed by atoms with Crippen molar-refractivity contribution in [2.24, 2.45) is 5.73 Å². The molecule has 0 aliphatic carbocycles. The molecule has 0 bridgehead atoms. The summed E-state index contributed by atoms with van der Waals surface area (Å²) in [4.78, 5) is 15.4. The van der Waals surface area contributed by atoms with E-state index in [1.165, 1.54) is 35.3 Å². The second-order valence-corrected chi connectivity index (χ2v) is 5.45. The Morgan fingerprint density at radius 2 is 1.85 bits per heavy atom. The minimum atomic E-state index is -4.74. The maximum atomic E-state index is 12.2. The molecule has 0 fully saturated rings. The summed E-state index contributed by atoms with van der Waals surface area (Å²) in [6.45, 7) is 1.80. The Balaban J connectivity index is 1.85. The monoisotopic (exact) mass is 362 g/mol. The Hall–Kier alpha value is -3.36. The number of rotatable bonds is 4. The summed E-state index contributed by atoms with van der Waals surface area (Å²) < 4.78 is 41.8. The molecule has 3 rings (SSSR count). The number of aryl methyl sites for hydroxylation is 1. The normalized spacial score (nSPS) is 11.4. The van der Waals surface area contributed by atoms with Crippen molar-refractivity contribution in [3.8, 4) is 22.8 Å². The van der Waals surface area contributed by atoms with E-state index in [1.807, 2.05) is 0 Å². The van der Waals surface area contributed by atoms with Gasteiger partial charge in [0.15, 0.2) is 5.82 Å². The lowest BCUT2D eigenvalue weighted by molar-refractivity contribution is -0.274. The van der Waals surface area contributed by atoms with Gasteiger partial charge in [0.2, 0.25) is 5.91 Å². The lowest BCUT2D eigenvalue weighted by Gasteiger charge is -2.09. The number of aromatic nitrogens is 3. The highest BCUT2D eigenvalue weighted by molar-refractivity contribution is 5.93. The van der Waals surface area contributed by atoms with Gasteiger partial charge in [-0.2, -0.15) is 0 Å². The van der Waals surface area contributed by atoms with Crippen molar-refractivity contribution in [3.63, 3.8) is 0 Å². The van der Waals surface area contributed by atoms with E-state index in [9.17, 15) is 18.0 Å². The van der Waals surface area contributed by atoms with Gasteiger partial charge >= 0.3 is 6.36 Å². The molecule has 1 amide bonds. The molecule has 0 radical (unpaired) electrons. The van der Waals surface area contributed by atoms with Crippen LogP contribution in [0.3, 0.4) is 0 Å². The van der Waals surface area contributed by atoms with Gasteiger partial charge in [-0.25, -0.2) is 9.67 Å². The first kappa shape index (κ1) is 17.5. The fraction of sp³-hybridized carbons (Fsp3) is 0.118. The maximum Gasteiger partial charge on any atom is 0.573 e. The average Bonchev–Trinajstić information content (AvgIpc) is 3.03. The average molecular weight is 362 g/mol. The van der Waals surface area contributed by atoms with E-state index in [0.717, 1.165) is 5.56 Å². The molecule has 134 valence electrons. The van der Waals surface area contributed by atoms with Crippen LogP contribution in [0.15, 0.2) is 48.8 Å². The highest BCUT2D eigenvalue weighted by Crippen LogP contribution is 2.25. The minimum absolute atomic E-state index is 0.320. The minimum Gasteiger partial charge on any atom is -0.406 e. The van der Waals surface area contributed by atoms with Crippen molar-refractivity contribution < 1.29 is 22.7 Å². The summed E-state index contributed by atoms with van der Waals surface area (Å²) in [5, 5.41) is 4.32. The zero-order chi connectivity index (χ0) is 18.9. The summed E-state index contributed by atoms with van der Waals surface area (Å²) in [5.74, 6) is -0.437. The number of nitrogens with two attached hydrogens (primary N) is 1. The molecule has 1 heterocycles. The molecule has 0 aliphatic rings. The predicted molar refractivity (Wildman–Crippen MR) is 86.7 cm³/mol. The topological polar surface area (TPSA) is 83.0 Å². The highest BCUT2D eigenvalue weighted by Gasteiger charge is 2.31. The van der Waals surface area contributed by atoms with Gasteiger partial charge < -0.3 is 10.5 Å². The molecule has 9 heteroatoms. The molecule has 26 heavy (non-hydrogen) atoms. The van der Waals surface area contributed by atoms with Crippen molar-refractivity contribution in [3.05, 3.63) is 59.9 Å². The number of nitrogens with zero attached hydrogens (tertiary/aromatic N) is 3. The summed E-state index contributed by atoms with van der Waals surface area (Å²) in [6.07, 6.45) is -3.30. The van der Waals surface area contributed by atoms with Gasteiger partial charge in [-0.3, -0.25) is 4.79 Å². The van der Waals surface area contributed by atoms with Crippen LogP contribution in [0.5, 0.6) is 5.75 Å². The second kappa shape index (κ2) is 6.51. The first-order valence-electron chi connectivity index (χ1n) is 7.41. The molecule has 0 saturated carbocycles. The van der Waals surface area contributed by atoms with Gasteiger partial charge in [0.1, 0.15) is 12.1 Å².